The molecule has 9 nitrogen and oxygen atoms in total. The zero-order valence-corrected chi connectivity index (χ0v) is 14.8. The number of nitrogens with zero attached hydrogens (tertiary/aromatic N) is 2. The molecule has 0 atom stereocenters. The first-order valence-corrected chi connectivity index (χ1v) is 7.90. The van der Waals surface area contributed by atoms with Gasteiger partial charge in [0.2, 0.25) is 0 Å². The highest BCUT2D eigenvalue weighted by molar-refractivity contribution is 5.98. The van der Waals surface area contributed by atoms with Gasteiger partial charge in [0, 0.05) is 17.2 Å². The van der Waals surface area contributed by atoms with Crippen LogP contribution < -0.4 is 15.5 Å². The van der Waals surface area contributed by atoms with E-state index in [0.717, 1.165) is 5.56 Å². The highest BCUT2D eigenvalue weighted by atomic mass is 16.6. The molecule has 0 heterocycles. The molecule has 27 heavy (non-hydrogen) atoms. The lowest BCUT2D eigenvalue weighted by Gasteiger charge is -2.07. The molecule has 140 valence electrons. The lowest BCUT2D eigenvalue weighted by atomic mass is 10.1. The normalized spacial score (nSPS) is 10.4. The Morgan fingerprint density at radius 1 is 1.22 bits per heavy atom. The second kappa shape index (κ2) is 9.09. The first-order valence-electron chi connectivity index (χ1n) is 7.90. The maximum atomic E-state index is 12.1. The summed E-state index contributed by atoms with van der Waals surface area (Å²) < 4.78 is 5.04. The van der Waals surface area contributed by atoms with E-state index in [1.807, 2.05) is 0 Å². The fraction of sp³-hybridized carbons (Fsp3) is 0.167. The average Bonchev–Trinajstić information content (AvgIpc) is 2.66. The van der Waals surface area contributed by atoms with Gasteiger partial charge in [0.15, 0.2) is 0 Å². The van der Waals surface area contributed by atoms with Crippen LogP contribution in [-0.4, -0.2) is 36.6 Å². The molecule has 9 heteroatoms. The lowest BCUT2D eigenvalue weighted by molar-refractivity contribution is -0.385. The number of hydrogen-bond acceptors (Lipinski definition) is 6. The fourth-order valence-corrected chi connectivity index (χ4v) is 2.23. The first kappa shape index (κ1) is 19.6. The highest BCUT2D eigenvalue weighted by Crippen LogP contribution is 2.20. The quantitative estimate of drug-likeness (QED) is 0.437. The van der Waals surface area contributed by atoms with Crippen LogP contribution in [0.3, 0.4) is 0 Å². The molecule has 0 aliphatic heterocycles. The SMILES string of the molecule is COc1ccc(/C=N/NC(=O)CNC(=O)c2cccc([N+](=O)[O-])c2C)cc1. The molecule has 0 aliphatic carbocycles. The third-order valence-electron chi connectivity index (χ3n) is 3.67. The number of rotatable bonds is 7. The van der Waals surface area contributed by atoms with Crippen LogP contribution in [0, 0.1) is 17.0 Å². The van der Waals surface area contributed by atoms with Crippen molar-refractivity contribution in [1.29, 1.82) is 0 Å². The predicted molar refractivity (Wildman–Crippen MR) is 98.9 cm³/mol. The summed E-state index contributed by atoms with van der Waals surface area (Å²) >= 11 is 0. The Labute approximate surface area is 155 Å². The maximum Gasteiger partial charge on any atom is 0.273 e. The van der Waals surface area contributed by atoms with Crippen LogP contribution in [0.25, 0.3) is 0 Å². The molecule has 0 aromatic heterocycles. The van der Waals surface area contributed by atoms with Crippen molar-refractivity contribution in [2.75, 3.05) is 13.7 Å². The molecular formula is C18H18N4O5. The molecule has 0 fully saturated rings. The van der Waals surface area contributed by atoms with E-state index in [9.17, 15) is 19.7 Å². The molecular weight excluding hydrogens is 352 g/mol. The van der Waals surface area contributed by atoms with Crippen molar-refractivity contribution in [2.45, 2.75) is 6.92 Å². The van der Waals surface area contributed by atoms with E-state index in [1.165, 1.54) is 31.3 Å². The Bertz CT molecular complexity index is 878. The zero-order chi connectivity index (χ0) is 19.8. The van der Waals surface area contributed by atoms with Gasteiger partial charge in [0.05, 0.1) is 24.8 Å². The molecule has 2 aromatic rings. The van der Waals surface area contributed by atoms with E-state index in [2.05, 4.69) is 15.8 Å². The number of nitro benzene ring substituents is 1. The maximum absolute atomic E-state index is 12.1. The van der Waals surface area contributed by atoms with Crippen molar-refractivity contribution in [3.63, 3.8) is 0 Å². The summed E-state index contributed by atoms with van der Waals surface area (Å²) in [5.41, 5.74) is 3.26. The number of ether oxygens (including phenoxy) is 1. The van der Waals surface area contributed by atoms with Crippen LogP contribution in [0.5, 0.6) is 5.75 Å². The van der Waals surface area contributed by atoms with Crippen molar-refractivity contribution in [1.82, 2.24) is 10.7 Å². The third-order valence-corrected chi connectivity index (χ3v) is 3.67. The Morgan fingerprint density at radius 3 is 2.56 bits per heavy atom. The van der Waals surface area contributed by atoms with Crippen LogP contribution in [0.4, 0.5) is 5.69 Å². The second-order valence-electron chi connectivity index (χ2n) is 5.46. The molecule has 2 aromatic carbocycles. The van der Waals surface area contributed by atoms with Crippen LogP contribution in [0.2, 0.25) is 0 Å². The monoisotopic (exact) mass is 370 g/mol. The van der Waals surface area contributed by atoms with Gasteiger partial charge in [-0.3, -0.25) is 19.7 Å². The van der Waals surface area contributed by atoms with E-state index in [4.69, 9.17) is 4.74 Å². The zero-order valence-electron chi connectivity index (χ0n) is 14.8. The van der Waals surface area contributed by atoms with Crippen LogP contribution in [0.1, 0.15) is 21.5 Å². The van der Waals surface area contributed by atoms with E-state index in [1.54, 1.807) is 31.4 Å². The van der Waals surface area contributed by atoms with Crippen molar-refractivity contribution in [2.24, 2.45) is 5.10 Å². The van der Waals surface area contributed by atoms with Crippen LogP contribution in [0.15, 0.2) is 47.6 Å². The average molecular weight is 370 g/mol. The highest BCUT2D eigenvalue weighted by Gasteiger charge is 2.18. The Hall–Kier alpha value is -3.75. The van der Waals surface area contributed by atoms with Crippen molar-refractivity contribution < 1.29 is 19.2 Å². The van der Waals surface area contributed by atoms with Gasteiger partial charge in [-0.25, -0.2) is 5.43 Å². The molecule has 0 bridgehead atoms. The molecule has 2 amide bonds. The number of amides is 2. The number of nitro groups is 1. The van der Waals surface area contributed by atoms with Gasteiger partial charge in [0.1, 0.15) is 5.75 Å². The summed E-state index contributed by atoms with van der Waals surface area (Å²) in [4.78, 5) is 34.3. The largest absolute Gasteiger partial charge is 0.497 e. The molecule has 0 saturated heterocycles. The number of carbonyl (C=O) groups excluding carboxylic acids is 2. The van der Waals surface area contributed by atoms with E-state index in [0.29, 0.717) is 5.75 Å². The van der Waals surface area contributed by atoms with Gasteiger partial charge < -0.3 is 10.1 Å². The summed E-state index contributed by atoms with van der Waals surface area (Å²) in [6.45, 7) is 1.16. The molecule has 2 rings (SSSR count). The van der Waals surface area contributed by atoms with Crippen molar-refractivity contribution in [3.05, 3.63) is 69.3 Å². The Kier molecular flexibility index (Phi) is 6.59. The van der Waals surface area contributed by atoms with E-state index < -0.39 is 16.7 Å². The molecule has 0 radical (unpaired) electrons. The van der Waals surface area contributed by atoms with Gasteiger partial charge >= 0.3 is 0 Å². The fourth-order valence-electron chi connectivity index (χ4n) is 2.23. The summed E-state index contributed by atoms with van der Waals surface area (Å²) in [6, 6.07) is 11.2. The van der Waals surface area contributed by atoms with Gasteiger partial charge in [-0.1, -0.05) is 6.07 Å². The number of nitrogens with one attached hydrogen (secondary N) is 2. The van der Waals surface area contributed by atoms with Gasteiger partial charge in [-0.05, 0) is 42.8 Å². The summed E-state index contributed by atoms with van der Waals surface area (Å²) in [5, 5.41) is 17.1. The standard InChI is InChI=1S/C18H18N4O5/c1-12-15(4-3-5-16(12)22(25)26)18(24)19-11-17(23)21-20-10-13-6-8-14(27-2)9-7-13/h3-10H,11H2,1-2H3,(H,19,24)(H,21,23)/b20-10+. The second-order valence-corrected chi connectivity index (χ2v) is 5.46. The topological polar surface area (TPSA) is 123 Å². The minimum Gasteiger partial charge on any atom is -0.497 e. The molecule has 0 unspecified atom stereocenters. The minimum absolute atomic E-state index is 0.138. The van der Waals surface area contributed by atoms with Gasteiger partial charge in [0.25, 0.3) is 17.5 Å². The van der Waals surface area contributed by atoms with Gasteiger partial charge in [-0.15, -0.1) is 0 Å². The van der Waals surface area contributed by atoms with Crippen molar-refractivity contribution in [3.8, 4) is 5.75 Å². The predicted octanol–water partition coefficient (Wildman–Crippen LogP) is 1.79. The minimum atomic E-state index is -0.578. The molecule has 0 spiro atoms. The van der Waals surface area contributed by atoms with E-state index >= 15 is 0 Å². The third kappa shape index (κ3) is 5.36. The van der Waals surface area contributed by atoms with Crippen molar-refractivity contribution >= 4 is 23.7 Å². The summed E-state index contributed by atoms with van der Waals surface area (Å²) in [6.07, 6.45) is 1.45. The molecule has 0 saturated carbocycles. The smallest absolute Gasteiger partial charge is 0.273 e. The van der Waals surface area contributed by atoms with Crippen LogP contribution in [-0.2, 0) is 4.79 Å². The number of hydrogen-bond donors (Lipinski definition) is 2. The number of hydrazone groups is 1. The molecule has 2 N–H and O–H groups in total. The summed E-state index contributed by atoms with van der Waals surface area (Å²) in [5.74, 6) is -0.406. The number of benzene rings is 2. The number of methoxy groups -OCH3 is 1. The number of carbonyl (C=O) groups is 2. The Morgan fingerprint density at radius 2 is 1.93 bits per heavy atom. The van der Waals surface area contributed by atoms with E-state index in [-0.39, 0.29) is 23.4 Å². The molecule has 0 aliphatic rings. The van der Waals surface area contributed by atoms with Gasteiger partial charge in [-0.2, -0.15) is 5.10 Å². The van der Waals surface area contributed by atoms with Crippen LogP contribution >= 0.6 is 0 Å². The lowest BCUT2D eigenvalue weighted by Crippen LogP contribution is -2.35. The first-order chi connectivity index (χ1) is 12.9. The summed E-state index contributed by atoms with van der Waals surface area (Å²) in [7, 11) is 1.56. The Balaban J connectivity index is 1.88.